The lowest BCUT2D eigenvalue weighted by Crippen LogP contribution is -2.23. The molecule has 204 valence electrons. The van der Waals surface area contributed by atoms with Gasteiger partial charge in [0.2, 0.25) is 5.78 Å². The summed E-state index contributed by atoms with van der Waals surface area (Å²) < 4.78 is 66.3. The molecule has 2 aromatic heterocycles. The molecule has 1 N–H and O–H groups in total. The highest BCUT2D eigenvalue weighted by molar-refractivity contribution is 7.91. The Morgan fingerprint density at radius 2 is 1.72 bits per heavy atom. The summed E-state index contributed by atoms with van der Waals surface area (Å²) >= 11 is 5.75. The Bertz CT molecular complexity index is 1680. The van der Waals surface area contributed by atoms with Crippen LogP contribution in [0.25, 0.3) is 5.65 Å². The number of pyridine rings is 1. The molecule has 0 spiro atoms. The molecular formula is C27H23ClF3N3O4S. The maximum atomic E-state index is 13.6. The monoisotopic (exact) mass is 577 g/mol. The van der Waals surface area contributed by atoms with E-state index in [4.69, 9.17) is 11.6 Å². The fraction of sp³-hybridized carbons (Fsp3) is 0.222. The van der Waals surface area contributed by atoms with Gasteiger partial charge in [-0.1, -0.05) is 37.6 Å². The number of carbonyl (C=O) groups is 2. The molecule has 0 fully saturated rings. The van der Waals surface area contributed by atoms with Crippen molar-refractivity contribution in [3.8, 4) is 0 Å². The first kappa shape index (κ1) is 28.3. The van der Waals surface area contributed by atoms with Crippen LogP contribution in [-0.4, -0.2) is 35.2 Å². The van der Waals surface area contributed by atoms with Gasteiger partial charge in [-0.15, -0.1) is 0 Å². The van der Waals surface area contributed by atoms with Crippen molar-refractivity contribution in [2.75, 3.05) is 5.75 Å². The van der Waals surface area contributed by atoms with Gasteiger partial charge < -0.3 is 9.72 Å². The van der Waals surface area contributed by atoms with Crippen LogP contribution in [0.3, 0.4) is 0 Å². The molecule has 12 heteroatoms. The van der Waals surface area contributed by atoms with Gasteiger partial charge in [0.25, 0.3) is 5.91 Å². The van der Waals surface area contributed by atoms with Crippen molar-refractivity contribution in [1.82, 2.24) is 14.7 Å². The number of alkyl halides is 3. The van der Waals surface area contributed by atoms with Crippen LogP contribution in [0.15, 0.2) is 65.7 Å². The molecule has 0 radical (unpaired) electrons. The van der Waals surface area contributed by atoms with E-state index in [-0.39, 0.29) is 39.1 Å². The summed E-state index contributed by atoms with van der Waals surface area (Å²) in [5, 5.41) is 2.58. The van der Waals surface area contributed by atoms with Gasteiger partial charge >= 0.3 is 6.18 Å². The molecule has 0 bridgehead atoms. The third-order valence-corrected chi connectivity index (χ3v) is 8.17. The number of hydrogen-bond donors (Lipinski definition) is 1. The second kappa shape index (κ2) is 10.8. The summed E-state index contributed by atoms with van der Waals surface area (Å²) in [5.74, 6) is -1.37. The molecule has 0 unspecified atom stereocenters. The Morgan fingerprint density at radius 3 is 2.33 bits per heavy atom. The van der Waals surface area contributed by atoms with Gasteiger partial charge in [0.1, 0.15) is 11.3 Å². The van der Waals surface area contributed by atoms with Crippen molar-refractivity contribution in [2.24, 2.45) is 0 Å². The van der Waals surface area contributed by atoms with Crippen molar-refractivity contribution in [3.05, 3.63) is 99.5 Å². The standard InChI is InChI=1S/C27H23ClF3N3O4S/c1-3-22-24(25(35)20-10-7-18(28)14-21(20)27(29,30)31)33-23-13-17(11-12-34(22)23)26(36)32-15-16-5-8-19(9-6-16)39(37,38)4-2/h5-14H,3-4,15H2,1-2H3,(H,32,36). The summed E-state index contributed by atoms with van der Waals surface area (Å²) in [5.41, 5.74) is -0.344. The number of fused-ring (bicyclic) bond motifs is 1. The number of nitrogens with zero attached hydrogens (tertiary/aromatic N) is 2. The summed E-state index contributed by atoms with van der Waals surface area (Å²) in [4.78, 5) is 30.5. The molecular weight excluding hydrogens is 555 g/mol. The van der Waals surface area contributed by atoms with Crippen molar-refractivity contribution in [3.63, 3.8) is 0 Å². The molecule has 4 aromatic rings. The lowest BCUT2D eigenvalue weighted by Gasteiger charge is -2.12. The zero-order chi connectivity index (χ0) is 28.5. The fourth-order valence-electron chi connectivity index (χ4n) is 4.10. The Morgan fingerprint density at radius 1 is 1.03 bits per heavy atom. The quantitative estimate of drug-likeness (QED) is 0.278. The SMILES string of the molecule is CCc1c(C(=O)c2ccc(Cl)cc2C(F)(F)F)nc2cc(C(=O)NCc3ccc(S(=O)(=O)CC)cc3)ccn12. The lowest BCUT2D eigenvalue weighted by molar-refractivity contribution is -0.137. The van der Waals surface area contributed by atoms with Gasteiger partial charge in [0, 0.05) is 28.9 Å². The predicted octanol–water partition coefficient (Wildman–Crippen LogP) is 5.52. The van der Waals surface area contributed by atoms with Gasteiger partial charge in [0.15, 0.2) is 9.84 Å². The molecule has 0 aliphatic heterocycles. The average Bonchev–Trinajstić information content (AvgIpc) is 3.29. The number of rotatable bonds is 8. The molecule has 39 heavy (non-hydrogen) atoms. The second-order valence-corrected chi connectivity index (χ2v) is 11.4. The number of imidazole rings is 1. The van der Waals surface area contributed by atoms with E-state index in [9.17, 15) is 31.2 Å². The molecule has 0 atom stereocenters. The molecule has 2 aromatic carbocycles. The first-order chi connectivity index (χ1) is 18.4. The summed E-state index contributed by atoms with van der Waals surface area (Å²) in [6.07, 6.45) is -2.96. The van der Waals surface area contributed by atoms with Crippen LogP contribution >= 0.6 is 11.6 Å². The number of ketones is 1. The van der Waals surface area contributed by atoms with Crippen LogP contribution in [0.1, 0.15) is 57.1 Å². The number of sulfone groups is 1. The number of nitrogens with one attached hydrogen (secondary N) is 1. The number of hydrogen-bond acceptors (Lipinski definition) is 5. The van der Waals surface area contributed by atoms with Gasteiger partial charge in [-0.05, 0) is 54.4 Å². The Balaban J connectivity index is 1.60. The largest absolute Gasteiger partial charge is 0.417 e. The average molecular weight is 578 g/mol. The van der Waals surface area contributed by atoms with Crippen LogP contribution in [0.4, 0.5) is 13.2 Å². The second-order valence-electron chi connectivity index (χ2n) is 8.65. The van der Waals surface area contributed by atoms with E-state index in [1.165, 1.54) is 36.5 Å². The molecule has 0 saturated carbocycles. The molecule has 2 heterocycles. The highest BCUT2D eigenvalue weighted by Gasteiger charge is 2.36. The first-order valence-electron chi connectivity index (χ1n) is 11.9. The topological polar surface area (TPSA) is 97.6 Å². The van der Waals surface area contributed by atoms with Gasteiger partial charge in [0.05, 0.1) is 21.9 Å². The van der Waals surface area contributed by atoms with Gasteiger partial charge in [-0.25, -0.2) is 13.4 Å². The Hall–Kier alpha value is -3.70. The highest BCUT2D eigenvalue weighted by Crippen LogP contribution is 2.35. The molecule has 1 amide bonds. The zero-order valence-corrected chi connectivity index (χ0v) is 22.4. The van der Waals surface area contributed by atoms with Crippen molar-refractivity contribution in [2.45, 2.75) is 37.9 Å². The molecule has 0 aliphatic rings. The minimum Gasteiger partial charge on any atom is -0.348 e. The molecule has 4 rings (SSSR count). The van der Waals surface area contributed by atoms with E-state index in [0.29, 0.717) is 23.7 Å². The van der Waals surface area contributed by atoms with Crippen LogP contribution < -0.4 is 5.32 Å². The van der Waals surface area contributed by atoms with Crippen molar-refractivity contribution < 1.29 is 31.2 Å². The third-order valence-electron chi connectivity index (χ3n) is 6.18. The smallest absolute Gasteiger partial charge is 0.348 e. The normalized spacial score (nSPS) is 12.1. The van der Waals surface area contributed by atoms with Crippen molar-refractivity contribution in [1.29, 1.82) is 0 Å². The number of amides is 1. The molecule has 7 nitrogen and oxygen atoms in total. The van der Waals surface area contributed by atoms with E-state index in [0.717, 1.165) is 6.07 Å². The van der Waals surface area contributed by atoms with E-state index in [2.05, 4.69) is 10.3 Å². The van der Waals surface area contributed by atoms with E-state index in [1.807, 2.05) is 0 Å². The molecule has 0 saturated heterocycles. The minimum absolute atomic E-state index is 0.0183. The molecule has 0 aliphatic carbocycles. The fourth-order valence-corrected chi connectivity index (χ4v) is 5.15. The number of aromatic nitrogens is 2. The van der Waals surface area contributed by atoms with Crippen LogP contribution in [0.5, 0.6) is 0 Å². The number of halogens is 4. The Kier molecular flexibility index (Phi) is 7.85. The number of aryl methyl sites for hydroxylation is 1. The Labute approximate surface area is 227 Å². The lowest BCUT2D eigenvalue weighted by atomic mass is 10.00. The number of carbonyl (C=O) groups excluding carboxylic acids is 2. The highest BCUT2D eigenvalue weighted by atomic mass is 35.5. The predicted molar refractivity (Wildman–Crippen MR) is 140 cm³/mol. The van der Waals surface area contributed by atoms with E-state index < -0.39 is 38.8 Å². The summed E-state index contributed by atoms with van der Waals surface area (Å²) in [6.45, 7) is 3.43. The van der Waals surface area contributed by atoms with E-state index >= 15 is 0 Å². The van der Waals surface area contributed by atoms with E-state index in [1.54, 1.807) is 30.4 Å². The zero-order valence-electron chi connectivity index (χ0n) is 20.8. The van der Waals surface area contributed by atoms with Crippen LogP contribution in [-0.2, 0) is 29.0 Å². The minimum atomic E-state index is -4.79. The summed E-state index contributed by atoms with van der Waals surface area (Å²) in [6, 6.07) is 12.1. The van der Waals surface area contributed by atoms with Gasteiger partial charge in [-0.2, -0.15) is 13.2 Å². The summed E-state index contributed by atoms with van der Waals surface area (Å²) in [7, 11) is -3.33. The number of benzene rings is 2. The maximum absolute atomic E-state index is 13.6. The van der Waals surface area contributed by atoms with Crippen LogP contribution in [0.2, 0.25) is 5.02 Å². The van der Waals surface area contributed by atoms with Crippen molar-refractivity contribution >= 4 is 38.8 Å². The van der Waals surface area contributed by atoms with Gasteiger partial charge in [-0.3, -0.25) is 9.59 Å². The third kappa shape index (κ3) is 5.84. The maximum Gasteiger partial charge on any atom is 0.417 e. The van der Waals surface area contributed by atoms with Crippen LogP contribution in [0, 0.1) is 0 Å². The first-order valence-corrected chi connectivity index (χ1v) is 13.9.